The number of aryl methyl sites for hydroxylation is 1. The number of nitrogens with two attached hydrogens (primary N) is 1. The first-order valence-electron chi connectivity index (χ1n) is 6.28. The highest BCUT2D eigenvalue weighted by Gasteiger charge is 2.21. The molecule has 1 unspecified atom stereocenters. The van der Waals surface area contributed by atoms with Crippen molar-refractivity contribution in [2.75, 3.05) is 6.54 Å². The van der Waals surface area contributed by atoms with Crippen LogP contribution in [-0.4, -0.2) is 18.2 Å². The fourth-order valence-electron chi connectivity index (χ4n) is 1.63. The molecular weight excluding hydrogens is 266 g/mol. The van der Waals surface area contributed by atoms with E-state index in [4.69, 9.17) is 10.5 Å². The molecule has 1 amide bonds. The fraction of sp³-hybridized carbons (Fsp3) is 0.500. The number of carbonyl (C=O) groups excluding carboxylic acids is 1. The molecule has 0 aliphatic carbocycles. The van der Waals surface area contributed by atoms with E-state index in [0.29, 0.717) is 5.56 Å². The quantitative estimate of drug-likeness (QED) is 0.898. The number of halogens is 2. The lowest BCUT2D eigenvalue weighted by Gasteiger charge is -2.21. The van der Waals surface area contributed by atoms with Crippen LogP contribution >= 0.6 is 0 Å². The average molecular weight is 286 g/mol. The van der Waals surface area contributed by atoms with Gasteiger partial charge >= 0.3 is 6.09 Å². The number of benzene rings is 1. The summed E-state index contributed by atoms with van der Waals surface area (Å²) in [7, 11) is 0. The monoisotopic (exact) mass is 286 g/mol. The Hall–Kier alpha value is -1.69. The van der Waals surface area contributed by atoms with E-state index in [2.05, 4.69) is 5.32 Å². The second-order valence-corrected chi connectivity index (χ2v) is 5.58. The minimum Gasteiger partial charge on any atom is -0.444 e. The Kier molecular flexibility index (Phi) is 5.05. The normalized spacial score (nSPS) is 12.9. The maximum atomic E-state index is 13.8. The van der Waals surface area contributed by atoms with Crippen molar-refractivity contribution in [3.05, 3.63) is 34.9 Å². The van der Waals surface area contributed by atoms with E-state index in [1.54, 1.807) is 20.8 Å². The van der Waals surface area contributed by atoms with Crippen LogP contribution in [0.4, 0.5) is 13.6 Å². The zero-order chi connectivity index (χ0) is 15.5. The summed E-state index contributed by atoms with van der Waals surface area (Å²) in [6, 6.07) is 1.51. The molecule has 0 aromatic heterocycles. The summed E-state index contributed by atoms with van der Waals surface area (Å²) in [5.74, 6) is -1.42. The molecule has 0 radical (unpaired) electrons. The third kappa shape index (κ3) is 4.45. The van der Waals surface area contributed by atoms with Crippen LogP contribution < -0.4 is 11.1 Å². The maximum absolute atomic E-state index is 13.8. The van der Waals surface area contributed by atoms with Gasteiger partial charge in [0.05, 0.1) is 6.04 Å². The van der Waals surface area contributed by atoms with Crippen molar-refractivity contribution in [3.8, 4) is 0 Å². The van der Waals surface area contributed by atoms with E-state index < -0.39 is 29.4 Å². The van der Waals surface area contributed by atoms with Crippen LogP contribution in [-0.2, 0) is 4.74 Å². The Morgan fingerprint density at radius 3 is 2.55 bits per heavy atom. The molecule has 0 bridgehead atoms. The number of amides is 1. The summed E-state index contributed by atoms with van der Waals surface area (Å²) in [5.41, 5.74) is 5.15. The van der Waals surface area contributed by atoms with Gasteiger partial charge in [0.1, 0.15) is 17.2 Å². The smallest absolute Gasteiger partial charge is 0.407 e. The molecule has 4 nitrogen and oxygen atoms in total. The molecule has 0 aliphatic rings. The van der Waals surface area contributed by atoms with Gasteiger partial charge in [0.15, 0.2) is 0 Å². The van der Waals surface area contributed by atoms with E-state index in [9.17, 15) is 13.6 Å². The topological polar surface area (TPSA) is 64.3 Å². The fourth-order valence-corrected chi connectivity index (χ4v) is 1.63. The van der Waals surface area contributed by atoms with Crippen LogP contribution in [0.25, 0.3) is 0 Å². The molecule has 0 saturated carbocycles. The van der Waals surface area contributed by atoms with Gasteiger partial charge in [-0.25, -0.2) is 13.6 Å². The second kappa shape index (κ2) is 6.17. The molecule has 1 aromatic carbocycles. The highest BCUT2D eigenvalue weighted by molar-refractivity contribution is 5.67. The van der Waals surface area contributed by atoms with Crippen molar-refractivity contribution < 1.29 is 18.3 Å². The number of nitrogens with one attached hydrogen (secondary N) is 1. The van der Waals surface area contributed by atoms with Crippen molar-refractivity contribution in [1.82, 2.24) is 5.32 Å². The Morgan fingerprint density at radius 2 is 2.00 bits per heavy atom. The van der Waals surface area contributed by atoms with Crippen LogP contribution in [0.2, 0.25) is 0 Å². The number of alkyl carbamates (subject to hydrolysis) is 1. The lowest BCUT2D eigenvalue weighted by atomic mass is 10.0. The standard InChI is InChI=1S/C14H20F2N2O2/c1-8-5-6-9(15)11(12(8)16)10(17)7-18-13(19)20-14(2,3)4/h5-6,10H,7,17H2,1-4H3,(H,18,19). The van der Waals surface area contributed by atoms with Gasteiger partial charge in [-0.2, -0.15) is 0 Å². The predicted molar refractivity (Wildman–Crippen MR) is 72.3 cm³/mol. The SMILES string of the molecule is Cc1ccc(F)c(C(N)CNC(=O)OC(C)(C)C)c1F. The molecule has 0 saturated heterocycles. The zero-order valence-corrected chi connectivity index (χ0v) is 12.1. The van der Waals surface area contributed by atoms with E-state index in [1.165, 1.54) is 13.0 Å². The lowest BCUT2D eigenvalue weighted by molar-refractivity contribution is 0.0524. The highest BCUT2D eigenvalue weighted by atomic mass is 19.1. The Labute approximate surface area is 117 Å². The zero-order valence-electron chi connectivity index (χ0n) is 12.1. The van der Waals surface area contributed by atoms with Crippen molar-refractivity contribution in [1.29, 1.82) is 0 Å². The summed E-state index contributed by atoms with van der Waals surface area (Å²) >= 11 is 0. The van der Waals surface area contributed by atoms with Crippen LogP contribution in [0.5, 0.6) is 0 Å². The first-order chi connectivity index (χ1) is 9.11. The third-order valence-corrected chi connectivity index (χ3v) is 2.56. The van der Waals surface area contributed by atoms with Gasteiger partial charge in [-0.05, 0) is 39.3 Å². The Balaban J connectivity index is 2.71. The predicted octanol–water partition coefficient (Wildman–Crippen LogP) is 2.80. The third-order valence-electron chi connectivity index (χ3n) is 2.56. The number of hydrogen-bond acceptors (Lipinski definition) is 3. The Bertz CT molecular complexity index is 499. The van der Waals surface area contributed by atoms with Gasteiger partial charge in [0, 0.05) is 12.1 Å². The average Bonchev–Trinajstić information content (AvgIpc) is 2.30. The molecule has 1 rings (SSSR count). The molecule has 0 aliphatic heterocycles. The van der Waals surface area contributed by atoms with E-state index >= 15 is 0 Å². The summed E-state index contributed by atoms with van der Waals surface area (Å²) in [5, 5.41) is 2.39. The minimum absolute atomic E-state index is 0.119. The first kappa shape index (κ1) is 16.4. The summed E-state index contributed by atoms with van der Waals surface area (Å²) in [6.07, 6.45) is -0.679. The van der Waals surface area contributed by atoms with Crippen molar-refractivity contribution in [2.45, 2.75) is 39.3 Å². The van der Waals surface area contributed by atoms with Crippen molar-refractivity contribution >= 4 is 6.09 Å². The maximum Gasteiger partial charge on any atom is 0.407 e. The molecule has 6 heteroatoms. The van der Waals surface area contributed by atoms with Crippen LogP contribution in [0.3, 0.4) is 0 Å². The molecule has 3 N–H and O–H groups in total. The van der Waals surface area contributed by atoms with E-state index in [-0.39, 0.29) is 12.1 Å². The molecule has 1 atom stereocenters. The van der Waals surface area contributed by atoms with Crippen molar-refractivity contribution in [3.63, 3.8) is 0 Å². The lowest BCUT2D eigenvalue weighted by Crippen LogP contribution is -2.37. The van der Waals surface area contributed by atoms with Gasteiger partial charge in [0.25, 0.3) is 0 Å². The second-order valence-electron chi connectivity index (χ2n) is 5.58. The number of carbonyl (C=O) groups is 1. The molecular formula is C14H20F2N2O2. The van der Waals surface area contributed by atoms with Gasteiger partial charge in [-0.3, -0.25) is 0 Å². The molecule has 20 heavy (non-hydrogen) atoms. The molecule has 0 spiro atoms. The Morgan fingerprint density at radius 1 is 1.40 bits per heavy atom. The van der Waals surface area contributed by atoms with Gasteiger partial charge in [0.2, 0.25) is 0 Å². The molecule has 0 heterocycles. The van der Waals surface area contributed by atoms with Gasteiger partial charge in [-0.1, -0.05) is 6.07 Å². The van der Waals surface area contributed by atoms with E-state index in [0.717, 1.165) is 6.07 Å². The van der Waals surface area contributed by atoms with Crippen molar-refractivity contribution in [2.24, 2.45) is 5.73 Å². The van der Waals surface area contributed by atoms with Crippen LogP contribution in [0, 0.1) is 18.6 Å². The highest BCUT2D eigenvalue weighted by Crippen LogP contribution is 2.21. The minimum atomic E-state index is -0.984. The molecule has 112 valence electrons. The number of rotatable bonds is 3. The summed E-state index contributed by atoms with van der Waals surface area (Å²) < 4.78 is 32.5. The summed E-state index contributed by atoms with van der Waals surface area (Å²) in [6.45, 7) is 6.55. The summed E-state index contributed by atoms with van der Waals surface area (Å²) in [4.78, 5) is 11.5. The molecule has 0 fully saturated rings. The van der Waals surface area contributed by atoms with Crippen LogP contribution in [0.15, 0.2) is 12.1 Å². The largest absolute Gasteiger partial charge is 0.444 e. The van der Waals surface area contributed by atoms with Gasteiger partial charge < -0.3 is 15.8 Å². The van der Waals surface area contributed by atoms with Crippen LogP contribution in [0.1, 0.15) is 37.9 Å². The number of ether oxygens (including phenoxy) is 1. The first-order valence-corrected chi connectivity index (χ1v) is 6.28. The number of hydrogen-bond donors (Lipinski definition) is 2. The van der Waals surface area contributed by atoms with Gasteiger partial charge in [-0.15, -0.1) is 0 Å². The molecule has 1 aromatic rings. The van der Waals surface area contributed by atoms with E-state index in [1.807, 2.05) is 0 Å².